The van der Waals surface area contributed by atoms with Gasteiger partial charge >= 0.3 is 40.0 Å². The van der Waals surface area contributed by atoms with Crippen LogP contribution in [0.4, 0.5) is 0 Å². The number of hydrogen-bond donors (Lipinski definition) is 3. The van der Waals surface area contributed by atoms with Crippen molar-refractivity contribution < 1.29 is 52.2 Å². The van der Waals surface area contributed by atoms with Gasteiger partial charge in [-0.1, -0.05) is 64.7 Å². The molecular weight excluding hydrogens is 291 g/mol. The van der Waals surface area contributed by atoms with Crippen LogP contribution >= 0.6 is 0 Å². The zero-order valence-corrected chi connectivity index (χ0v) is 16.2. The maximum atomic E-state index is 8.74. The van der Waals surface area contributed by atoms with Crippen molar-refractivity contribution in [1.82, 2.24) is 0 Å². The summed E-state index contributed by atoms with van der Waals surface area (Å²) >= 11 is 0. The van der Waals surface area contributed by atoms with Crippen LogP contribution in [-0.4, -0.2) is 29.7 Å². The minimum absolute atomic E-state index is 0. The molecule has 0 radical (unpaired) electrons. The molecule has 0 saturated heterocycles. The average molecular weight is 322 g/mol. The fourth-order valence-electron chi connectivity index (χ4n) is 1.49. The summed E-state index contributed by atoms with van der Waals surface area (Å²) < 4.78 is 31.6. The molecule has 0 saturated carbocycles. The van der Waals surface area contributed by atoms with Crippen molar-refractivity contribution in [2.24, 2.45) is 0 Å². The molecule has 0 aliphatic rings. The molecule has 0 bridgehead atoms. The molecule has 120 valence electrons. The summed E-state index contributed by atoms with van der Waals surface area (Å²) in [4.78, 5) is 0. The van der Waals surface area contributed by atoms with Crippen LogP contribution in [0.5, 0.6) is 0 Å². The summed E-state index contributed by atoms with van der Waals surface area (Å²) in [6.45, 7) is 6.12. The van der Waals surface area contributed by atoms with E-state index in [4.69, 9.17) is 22.6 Å². The monoisotopic (exact) mass is 322 g/mol. The van der Waals surface area contributed by atoms with Crippen LogP contribution in [0.15, 0.2) is 0 Å². The Morgan fingerprint density at radius 1 is 0.800 bits per heavy atom. The van der Waals surface area contributed by atoms with Gasteiger partial charge in [0.2, 0.25) is 0 Å². The van der Waals surface area contributed by atoms with E-state index in [0.717, 1.165) is 13.5 Å². The smallest absolute Gasteiger partial charge is 0.400 e. The van der Waals surface area contributed by atoms with Crippen molar-refractivity contribution in [2.75, 3.05) is 7.11 Å². The standard InChI is InChI=1S/C12H25.CH4O.Na.H2O4S/c1-3-5-7-9-11-12-10-8-6-4-2;1-2;;1-5(2,3)4/h1,3-12H2,2H3;2H,1H3;;(H2,1,2,3,4)/q-1;;+1;. The first-order valence-corrected chi connectivity index (χ1v) is 8.25. The first-order chi connectivity index (χ1) is 8.91. The normalized spacial score (nSPS) is 9.50. The van der Waals surface area contributed by atoms with E-state index in [0.29, 0.717) is 0 Å². The predicted molar refractivity (Wildman–Crippen MR) is 79.5 cm³/mol. The molecule has 0 aromatic heterocycles. The third-order valence-corrected chi connectivity index (χ3v) is 2.35. The minimum Gasteiger partial charge on any atom is -0.400 e. The minimum atomic E-state index is -4.67. The van der Waals surface area contributed by atoms with Gasteiger partial charge in [-0.3, -0.25) is 9.11 Å². The Labute approximate surface area is 147 Å². The summed E-state index contributed by atoms with van der Waals surface area (Å²) in [5, 5.41) is 7.00. The summed E-state index contributed by atoms with van der Waals surface area (Å²) in [7, 11) is -3.67. The molecule has 0 rings (SSSR count). The molecule has 0 amide bonds. The van der Waals surface area contributed by atoms with Gasteiger partial charge in [-0.05, 0) is 0 Å². The molecule has 0 atom stereocenters. The molecule has 0 aromatic carbocycles. The van der Waals surface area contributed by atoms with Crippen molar-refractivity contribution >= 4 is 10.4 Å². The molecule has 5 nitrogen and oxygen atoms in total. The summed E-state index contributed by atoms with van der Waals surface area (Å²) in [5.41, 5.74) is 0. The second-order valence-electron chi connectivity index (χ2n) is 4.13. The van der Waals surface area contributed by atoms with Gasteiger partial charge in [0.15, 0.2) is 0 Å². The molecule has 0 aliphatic carbocycles. The predicted octanol–water partition coefficient (Wildman–Crippen LogP) is 0.701. The van der Waals surface area contributed by atoms with Crippen molar-refractivity contribution in [1.29, 1.82) is 0 Å². The Hall–Kier alpha value is 0.830. The van der Waals surface area contributed by atoms with Crippen LogP contribution in [0.3, 0.4) is 0 Å². The molecule has 0 aliphatic heterocycles. The quantitative estimate of drug-likeness (QED) is 0.251. The number of rotatable bonds is 9. The molecule has 0 spiro atoms. The van der Waals surface area contributed by atoms with Crippen LogP contribution in [0.25, 0.3) is 0 Å². The van der Waals surface area contributed by atoms with E-state index >= 15 is 0 Å². The van der Waals surface area contributed by atoms with Gasteiger partial charge in [-0.2, -0.15) is 14.8 Å². The van der Waals surface area contributed by atoms with E-state index < -0.39 is 10.4 Å². The molecule has 3 N–H and O–H groups in total. The first-order valence-electron chi connectivity index (χ1n) is 6.85. The topological polar surface area (TPSA) is 94.8 Å². The number of aliphatic hydroxyl groups is 1. The van der Waals surface area contributed by atoms with Crippen molar-refractivity contribution in [3.8, 4) is 0 Å². The number of aliphatic hydroxyl groups excluding tert-OH is 1. The Kier molecular flexibility index (Phi) is 35.9. The fourth-order valence-corrected chi connectivity index (χ4v) is 1.49. The van der Waals surface area contributed by atoms with Crippen molar-refractivity contribution in [2.45, 2.75) is 71.1 Å². The van der Waals surface area contributed by atoms with Crippen LogP contribution in [-0.2, 0) is 10.4 Å². The third kappa shape index (κ3) is 62.0. The summed E-state index contributed by atoms with van der Waals surface area (Å²) in [5.74, 6) is 0. The van der Waals surface area contributed by atoms with Crippen LogP contribution in [0, 0.1) is 6.92 Å². The first kappa shape index (κ1) is 28.9. The Morgan fingerprint density at radius 2 is 1.05 bits per heavy atom. The van der Waals surface area contributed by atoms with Crippen LogP contribution in [0.1, 0.15) is 71.1 Å². The van der Waals surface area contributed by atoms with Crippen molar-refractivity contribution in [3.63, 3.8) is 0 Å². The number of unbranched alkanes of at least 4 members (excludes halogenated alkanes) is 9. The molecule has 0 aromatic rings. The zero-order chi connectivity index (χ0) is 15.6. The van der Waals surface area contributed by atoms with Gasteiger partial charge in [-0.15, -0.1) is 0 Å². The van der Waals surface area contributed by atoms with E-state index in [1.165, 1.54) is 57.8 Å². The zero-order valence-electron chi connectivity index (χ0n) is 13.3. The van der Waals surface area contributed by atoms with E-state index in [2.05, 4.69) is 13.8 Å². The molecule has 0 unspecified atom stereocenters. The molecule has 7 heteroatoms. The van der Waals surface area contributed by atoms with Gasteiger partial charge in [0.1, 0.15) is 0 Å². The molecule has 0 fully saturated rings. The summed E-state index contributed by atoms with van der Waals surface area (Å²) in [6, 6.07) is 0. The molecule has 20 heavy (non-hydrogen) atoms. The molecular formula is C13H31NaO5S. The van der Waals surface area contributed by atoms with E-state index in [1.807, 2.05) is 0 Å². The van der Waals surface area contributed by atoms with Crippen molar-refractivity contribution in [3.05, 3.63) is 6.92 Å². The second kappa shape index (κ2) is 24.8. The van der Waals surface area contributed by atoms with Gasteiger partial charge in [0.25, 0.3) is 0 Å². The summed E-state index contributed by atoms with van der Waals surface area (Å²) in [6.07, 6.45) is 13.9. The Bertz CT molecular complexity index is 215. The molecule has 0 heterocycles. The fraction of sp³-hybridized carbons (Fsp3) is 0.923. The van der Waals surface area contributed by atoms with E-state index in [-0.39, 0.29) is 29.6 Å². The van der Waals surface area contributed by atoms with Gasteiger partial charge in [0.05, 0.1) is 0 Å². The maximum Gasteiger partial charge on any atom is 1.00 e. The Morgan fingerprint density at radius 3 is 1.30 bits per heavy atom. The number of hydrogen-bond acceptors (Lipinski definition) is 3. The Balaban J connectivity index is -0.000000136. The van der Waals surface area contributed by atoms with Crippen LogP contribution < -0.4 is 29.6 Å². The SMILES string of the molecule is CO.O=S(=O)(O)O.[CH2-]CCCCCCCCCCC.[Na+]. The van der Waals surface area contributed by atoms with Gasteiger partial charge < -0.3 is 12.0 Å². The van der Waals surface area contributed by atoms with Gasteiger partial charge in [0, 0.05) is 7.11 Å². The van der Waals surface area contributed by atoms with Gasteiger partial charge in [-0.25, -0.2) is 0 Å². The largest absolute Gasteiger partial charge is 1.00 e. The average Bonchev–Trinajstić information content (AvgIpc) is 2.33. The third-order valence-electron chi connectivity index (χ3n) is 2.35. The second-order valence-corrected chi connectivity index (χ2v) is 5.03. The maximum absolute atomic E-state index is 8.74. The van der Waals surface area contributed by atoms with Crippen LogP contribution in [0.2, 0.25) is 0 Å². The van der Waals surface area contributed by atoms with E-state index in [9.17, 15) is 0 Å². The van der Waals surface area contributed by atoms with E-state index in [1.54, 1.807) is 0 Å².